The molecule has 0 spiro atoms. The van der Waals surface area contributed by atoms with Crippen molar-refractivity contribution in [3.63, 3.8) is 0 Å². The predicted octanol–water partition coefficient (Wildman–Crippen LogP) is 20.0. The van der Waals surface area contributed by atoms with Crippen LogP contribution in [0.15, 0.2) is 122 Å². The maximum Gasteiger partial charge on any atom is 0.306 e. The van der Waals surface area contributed by atoms with Crippen LogP contribution in [0.1, 0.15) is 258 Å². The molecule has 0 saturated carbocycles. The topological polar surface area (TPSA) is 78.9 Å². The Balaban J connectivity index is 4.40. The standard InChI is InChI=1S/C66H108O6/c1-4-7-10-13-16-19-22-24-26-27-28-29-30-31-32-33-34-35-36-37-38-39-40-42-44-47-50-53-56-59-65(68)71-62-63(61-70-64(67)58-55-52-49-46-43-21-18-15-12-9-6-3)72-66(69)60-57-54-51-48-45-41-25-23-20-17-14-11-8-5-2/h7,10,16,19,23-26,28-29,31-32,34-35,37-38,40,42,47,50,63H,4-6,8-9,11-15,17-18,20-22,27,30,33,36,39,41,43-46,48-49,51-62H2,1-3H3/b10-7-,19-16-,25-23-,26-24-,29-28-,32-31-,35-34-,38-37-,42-40-,50-47-. The van der Waals surface area contributed by atoms with Crippen LogP contribution in [0.5, 0.6) is 0 Å². The molecule has 0 aromatic carbocycles. The Morgan fingerprint density at radius 1 is 0.292 bits per heavy atom. The maximum absolute atomic E-state index is 12.8. The molecule has 72 heavy (non-hydrogen) atoms. The second-order valence-corrected chi connectivity index (χ2v) is 19.2. The van der Waals surface area contributed by atoms with E-state index in [0.717, 1.165) is 116 Å². The van der Waals surface area contributed by atoms with E-state index in [0.29, 0.717) is 19.3 Å². The highest BCUT2D eigenvalue weighted by Gasteiger charge is 2.19. The molecule has 0 N–H and O–H groups in total. The third-order valence-electron chi connectivity index (χ3n) is 12.2. The maximum atomic E-state index is 12.8. The van der Waals surface area contributed by atoms with E-state index in [9.17, 15) is 14.4 Å². The first-order valence-corrected chi connectivity index (χ1v) is 29.5. The average Bonchev–Trinajstić information content (AvgIpc) is 3.38. The van der Waals surface area contributed by atoms with Crippen LogP contribution >= 0.6 is 0 Å². The van der Waals surface area contributed by atoms with Crippen LogP contribution in [-0.4, -0.2) is 37.2 Å². The lowest BCUT2D eigenvalue weighted by Crippen LogP contribution is -2.30. The van der Waals surface area contributed by atoms with E-state index >= 15 is 0 Å². The fraction of sp³-hybridized carbons (Fsp3) is 0.652. The summed E-state index contributed by atoms with van der Waals surface area (Å²) in [5.74, 6) is -0.972. The molecule has 1 atom stereocenters. The minimum atomic E-state index is -0.806. The lowest BCUT2D eigenvalue weighted by Gasteiger charge is -2.18. The first kappa shape index (κ1) is 67.8. The minimum absolute atomic E-state index is 0.0995. The number of esters is 3. The van der Waals surface area contributed by atoms with Crippen molar-refractivity contribution in [1.29, 1.82) is 0 Å². The lowest BCUT2D eigenvalue weighted by atomic mass is 10.1. The summed E-state index contributed by atoms with van der Waals surface area (Å²) in [6.45, 7) is 6.45. The third-order valence-corrected chi connectivity index (χ3v) is 12.2. The van der Waals surface area contributed by atoms with Crippen LogP contribution in [0, 0.1) is 0 Å². The van der Waals surface area contributed by atoms with Gasteiger partial charge in [0.05, 0.1) is 0 Å². The van der Waals surface area contributed by atoms with Crippen molar-refractivity contribution in [2.45, 2.75) is 264 Å². The molecule has 0 aliphatic rings. The van der Waals surface area contributed by atoms with Crippen LogP contribution in [0.2, 0.25) is 0 Å². The average molecular weight is 998 g/mol. The van der Waals surface area contributed by atoms with Gasteiger partial charge in [-0.3, -0.25) is 14.4 Å². The molecule has 0 bridgehead atoms. The summed E-state index contributed by atoms with van der Waals surface area (Å²) in [6, 6.07) is 0. The number of rotatable bonds is 52. The highest BCUT2D eigenvalue weighted by molar-refractivity contribution is 5.71. The van der Waals surface area contributed by atoms with E-state index in [4.69, 9.17) is 14.2 Å². The van der Waals surface area contributed by atoms with E-state index < -0.39 is 6.10 Å². The molecule has 0 amide bonds. The molecular weight excluding hydrogens is 889 g/mol. The number of hydrogen-bond acceptors (Lipinski definition) is 6. The second-order valence-electron chi connectivity index (χ2n) is 19.2. The van der Waals surface area contributed by atoms with Crippen molar-refractivity contribution >= 4 is 17.9 Å². The Hall–Kier alpha value is -4.19. The quantitative estimate of drug-likeness (QED) is 0.0261. The first-order valence-electron chi connectivity index (χ1n) is 29.5. The normalized spacial score (nSPS) is 13.0. The van der Waals surface area contributed by atoms with Crippen LogP contribution in [-0.2, 0) is 28.6 Å². The highest BCUT2D eigenvalue weighted by Crippen LogP contribution is 2.14. The molecule has 0 rings (SSSR count). The molecule has 0 aliphatic carbocycles. The monoisotopic (exact) mass is 997 g/mol. The van der Waals surface area contributed by atoms with Crippen molar-refractivity contribution < 1.29 is 28.6 Å². The van der Waals surface area contributed by atoms with Gasteiger partial charge < -0.3 is 14.2 Å². The van der Waals surface area contributed by atoms with Crippen molar-refractivity contribution in [2.75, 3.05) is 13.2 Å². The SMILES string of the molecule is CC/C=C\C/C=C\C/C=C\C/C=C\C/C=C\C/C=C\C/C=C\C/C=C\C/C=C\CCCC(=O)OCC(COC(=O)CCCCCCCCCCCCC)OC(=O)CCCCCCC/C=C\CCCCCCC. The van der Waals surface area contributed by atoms with Crippen molar-refractivity contribution in [3.05, 3.63) is 122 Å². The Morgan fingerprint density at radius 2 is 0.556 bits per heavy atom. The van der Waals surface area contributed by atoms with Crippen LogP contribution in [0.3, 0.4) is 0 Å². The summed E-state index contributed by atoms with van der Waals surface area (Å²) >= 11 is 0. The molecule has 408 valence electrons. The van der Waals surface area contributed by atoms with Gasteiger partial charge in [0, 0.05) is 19.3 Å². The molecule has 0 saturated heterocycles. The molecule has 0 aromatic rings. The molecule has 6 heteroatoms. The molecule has 0 aromatic heterocycles. The number of carbonyl (C=O) groups is 3. The van der Waals surface area contributed by atoms with E-state index in [2.05, 4.69) is 142 Å². The summed E-state index contributed by atoms with van der Waals surface area (Å²) in [7, 11) is 0. The first-order chi connectivity index (χ1) is 35.5. The number of hydrogen-bond donors (Lipinski definition) is 0. The molecule has 0 radical (unpaired) electrons. The van der Waals surface area contributed by atoms with Gasteiger partial charge in [-0.05, 0) is 109 Å². The van der Waals surface area contributed by atoms with Gasteiger partial charge in [-0.15, -0.1) is 0 Å². The van der Waals surface area contributed by atoms with Gasteiger partial charge in [0.25, 0.3) is 0 Å². The van der Waals surface area contributed by atoms with E-state index in [1.54, 1.807) is 0 Å². The van der Waals surface area contributed by atoms with Gasteiger partial charge in [0.1, 0.15) is 13.2 Å². The molecule has 1 unspecified atom stereocenters. The summed E-state index contributed by atoms with van der Waals surface area (Å²) in [4.78, 5) is 38.1. The van der Waals surface area contributed by atoms with Gasteiger partial charge in [-0.25, -0.2) is 0 Å². The second kappa shape index (κ2) is 59.4. The molecule has 6 nitrogen and oxygen atoms in total. The smallest absolute Gasteiger partial charge is 0.306 e. The van der Waals surface area contributed by atoms with Crippen LogP contribution in [0.4, 0.5) is 0 Å². The van der Waals surface area contributed by atoms with Crippen molar-refractivity contribution in [2.24, 2.45) is 0 Å². The van der Waals surface area contributed by atoms with E-state index in [-0.39, 0.29) is 37.5 Å². The Kier molecular flexibility index (Phi) is 55.9. The van der Waals surface area contributed by atoms with Gasteiger partial charge in [-0.2, -0.15) is 0 Å². The summed E-state index contributed by atoms with van der Waals surface area (Å²) < 4.78 is 16.8. The number of carbonyl (C=O) groups excluding carboxylic acids is 3. The number of allylic oxidation sites excluding steroid dienone is 20. The third kappa shape index (κ3) is 56.7. The number of ether oxygens (including phenoxy) is 3. The Bertz CT molecular complexity index is 1520. The van der Waals surface area contributed by atoms with E-state index in [1.807, 2.05) is 0 Å². The zero-order valence-electron chi connectivity index (χ0n) is 46.7. The highest BCUT2D eigenvalue weighted by atomic mass is 16.6. The zero-order chi connectivity index (χ0) is 52.2. The fourth-order valence-corrected chi connectivity index (χ4v) is 7.79. The van der Waals surface area contributed by atoms with Gasteiger partial charge in [-0.1, -0.05) is 251 Å². The molecule has 0 fully saturated rings. The minimum Gasteiger partial charge on any atom is -0.462 e. The molecule has 0 heterocycles. The summed E-state index contributed by atoms with van der Waals surface area (Å²) in [6.07, 6.45) is 82.0. The molecular formula is C66H108O6. The molecule has 0 aliphatic heterocycles. The Morgan fingerprint density at radius 3 is 0.917 bits per heavy atom. The van der Waals surface area contributed by atoms with Crippen LogP contribution in [0.25, 0.3) is 0 Å². The predicted molar refractivity (Wildman–Crippen MR) is 311 cm³/mol. The van der Waals surface area contributed by atoms with Crippen molar-refractivity contribution in [3.8, 4) is 0 Å². The Labute approximate surface area is 443 Å². The van der Waals surface area contributed by atoms with Gasteiger partial charge in [0.2, 0.25) is 0 Å². The zero-order valence-corrected chi connectivity index (χ0v) is 46.7. The van der Waals surface area contributed by atoms with Gasteiger partial charge in [0.15, 0.2) is 6.10 Å². The lowest BCUT2D eigenvalue weighted by molar-refractivity contribution is -0.167. The van der Waals surface area contributed by atoms with Crippen molar-refractivity contribution in [1.82, 2.24) is 0 Å². The largest absolute Gasteiger partial charge is 0.462 e. The fourth-order valence-electron chi connectivity index (χ4n) is 7.79. The van der Waals surface area contributed by atoms with E-state index in [1.165, 1.54) is 96.3 Å². The summed E-state index contributed by atoms with van der Waals surface area (Å²) in [5, 5.41) is 0. The van der Waals surface area contributed by atoms with Crippen LogP contribution < -0.4 is 0 Å². The summed E-state index contributed by atoms with van der Waals surface area (Å²) in [5.41, 5.74) is 0. The van der Waals surface area contributed by atoms with Gasteiger partial charge >= 0.3 is 17.9 Å². The number of unbranched alkanes of at least 4 members (excludes halogenated alkanes) is 21.